The van der Waals surface area contributed by atoms with Gasteiger partial charge in [-0.3, -0.25) is 15.2 Å². The fourth-order valence-electron chi connectivity index (χ4n) is 2.17. The van der Waals surface area contributed by atoms with E-state index in [2.05, 4.69) is 15.2 Å². The molecule has 1 heterocycles. The third-order valence-corrected chi connectivity index (χ3v) is 3.30. The van der Waals surface area contributed by atoms with Crippen LogP contribution in [0.25, 0.3) is 11.4 Å². The second-order valence-corrected chi connectivity index (χ2v) is 4.71. The zero-order valence-corrected chi connectivity index (χ0v) is 11.5. The molecule has 2 aromatic carbocycles. The van der Waals surface area contributed by atoms with E-state index in [1.165, 1.54) is 6.07 Å². The van der Waals surface area contributed by atoms with Crippen molar-refractivity contribution in [3.8, 4) is 11.4 Å². The number of hydrogen-bond donors (Lipinski definition) is 2. The molecule has 1 unspecified atom stereocenters. The molecule has 0 bridgehead atoms. The summed E-state index contributed by atoms with van der Waals surface area (Å²) in [5, 5.41) is 17.9. The SMILES string of the molecule is NC(c1ccccc1)c1nc(-c2ccccc2[N+](=O)[O-])n[nH]1. The van der Waals surface area contributed by atoms with E-state index in [-0.39, 0.29) is 11.5 Å². The summed E-state index contributed by atoms with van der Waals surface area (Å²) in [4.78, 5) is 14.9. The predicted molar refractivity (Wildman–Crippen MR) is 80.9 cm³/mol. The Labute approximate surface area is 126 Å². The van der Waals surface area contributed by atoms with Crippen molar-refractivity contribution < 1.29 is 4.92 Å². The molecule has 110 valence electrons. The van der Waals surface area contributed by atoms with Crippen LogP contribution in [0.4, 0.5) is 5.69 Å². The number of H-pyrrole nitrogens is 1. The highest BCUT2D eigenvalue weighted by Crippen LogP contribution is 2.27. The van der Waals surface area contributed by atoms with Crippen molar-refractivity contribution in [1.82, 2.24) is 15.2 Å². The van der Waals surface area contributed by atoms with Gasteiger partial charge in [-0.15, -0.1) is 0 Å². The van der Waals surface area contributed by atoms with E-state index in [0.717, 1.165) is 5.56 Å². The van der Waals surface area contributed by atoms with Crippen LogP contribution in [0.5, 0.6) is 0 Å². The van der Waals surface area contributed by atoms with Crippen LogP contribution in [0.1, 0.15) is 17.4 Å². The first-order valence-electron chi connectivity index (χ1n) is 6.63. The van der Waals surface area contributed by atoms with Crippen LogP contribution in [-0.4, -0.2) is 20.1 Å². The van der Waals surface area contributed by atoms with Gasteiger partial charge in [-0.05, 0) is 11.6 Å². The van der Waals surface area contributed by atoms with E-state index in [1.54, 1.807) is 18.2 Å². The van der Waals surface area contributed by atoms with Crippen molar-refractivity contribution >= 4 is 5.69 Å². The zero-order valence-electron chi connectivity index (χ0n) is 11.5. The lowest BCUT2D eigenvalue weighted by molar-refractivity contribution is -0.384. The van der Waals surface area contributed by atoms with Gasteiger partial charge in [0.2, 0.25) is 0 Å². The first-order chi connectivity index (χ1) is 10.7. The summed E-state index contributed by atoms with van der Waals surface area (Å²) in [7, 11) is 0. The number of hydrogen-bond acceptors (Lipinski definition) is 5. The molecular formula is C15H13N5O2. The van der Waals surface area contributed by atoms with Gasteiger partial charge in [0.05, 0.1) is 16.5 Å². The van der Waals surface area contributed by atoms with E-state index < -0.39 is 11.0 Å². The molecule has 0 radical (unpaired) electrons. The zero-order chi connectivity index (χ0) is 15.5. The maximum absolute atomic E-state index is 11.1. The molecule has 1 atom stereocenters. The highest BCUT2D eigenvalue weighted by molar-refractivity contribution is 5.67. The van der Waals surface area contributed by atoms with Crippen LogP contribution in [0.2, 0.25) is 0 Å². The molecule has 3 aromatic rings. The van der Waals surface area contributed by atoms with Gasteiger partial charge >= 0.3 is 0 Å². The van der Waals surface area contributed by atoms with Crippen molar-refractivity contribution in [1.29, 1.82) is 0 Å². The smallest absolute Gasteiger partial charge is 0.280 e. The molecule has 0 aliphatic heterocycles. The van der Waals surface area contributed by atoms with Gasteiger partial charge in [0.25, 0.3) is 5.69 Å². The number of nitro benzene ring substituents is 1. The molecule has 22 heavy (non-hydrogen) atoms. The van der Waals surface area contributed by atoms with Gasteiger partial charge in [-0.2, -0.15) is 5.10 Å². The summed E-state index contributed by atoms with van der Waals surface area (Å²) >= 11 is 0. The maximum Gasteiger partial charge on any atom is 0.280 e. The van der Waals surface area contributed by atoms with Gasteiger partial charge in [0.1, 0.15) is 5.82 Å². The molecule has 0 saturated carbocycles. The first kappa shape index (κ1) is 13.9. The Morgan fingerprint density at radius 3 is 2.50 bits per heavy atom. The summed E-state index contributed by atoms with van der Waals surface area (Å²) in [6.07, 6.45) is 0. The molecule has 0 amide bonds. The Morgan fingerprint density at radius 2 is 1.77 bits per heavy atom. The summed E-state index contributed by atoms with van der Waals surface area (Å²) < 4.78 is 0. The van der Waals surface area contributed by atoms with Crippen molar-refractivity contribution in [2.75, 3.05) is 0 Å². The lowest BCUT2D eigenvalue weighted by atomic mass is 10.1. The van der Waals surface area contributed by atoms with Crippen molar-refractivity contribution in [2.24, 2.45) is 5.73 Å². The summed E-state index contributed by atoms with van der Waals surface area (Å²) in [6, 6.07) is 15.3. The number of nitrogens with one attached hydrogen (secondary N) is 1. The van der Waals surface area contributed by atoms with E-state index in [0.29, 0.717) is 11.4 Å². The fraction of sp³-hybridized carbons (Fsp3) is 0.0667. The second-order valence-electron chi connectivity index (χ2n) is 4.71. The number of nitrogens with zero attached hydrogens (tertiary/aromatic N) is 3. The Hall–Kier alpha value is -3.06. The van der Waals surface area contributed by atoms with E-state index in [1.807, 2.05) is 30.3 Å². The molecular weight excluding hydrogens is 282 g/mol. The number of aromatic nitrogens is 3. The van der Waals surface area contributed by atoms with Crippen LogP contribution in [-0.2, 0) is 0 Å². The maximum atomic E-state index is 11.1. The molecule has 0 aliphatic carbocycles. The fourth-order valence-corrected chi connectivity index (χ4v) is 2.17. The van der Waals surface area contributed by atoms with Gasteiger partial charge in [-0.1, -0.05) is 42.5 Å². The Bertz CT molecular complexity index is 800. The molecule has 0 saturated heterocycles. The lowest BCUT2D eigenvalue weighted by Gasteiger charge is -2.07. The number of nitro groups is 1. The summed E-state index contributed by atoms with van der Waals surface area (Å²) in [5.74, 6) is 0.716. The predicted octanol–water partition coefficient (Wildman–Crippen LogP) is 2.43. The molecule has 7 heteroatoms. The number of para-hydroxylation sites is 1. The number of rotatable bonds is 4. The Kier molecular flexibility index (Phi) is 3.63. The first-order valence-corrected chi connectivity index (χ1v) is 6.63. The van der Waals surface area contributed by atoms with E-state index in [4.69, 9.17) is 5.73 Å². The monoisotopic (exact) mass is 295 g/mol. The number of benzene rings is 2. The highest BCUT2D eigenvalue weighted by atomic mass is 16.6. The normalized spacial score (nSPS) is 12.0. The van der Waals surface area contributed by atoms with Crippen molar-refractivity contribution in [3.05, 3.63) is 76.1 Å². The van der Waals surface area contributed by atoms with Crippen LogP contribution in [0.3, 0.4) is 0 Å². The quantitative estimate of drug-likeness (QED) is 0.567. The largest absolute Gasteiger partial charge is 0.318 e. The third kappa shape index (κ3) is 2.57. The van der Waals surface area contributed by atoms with E-state index >= 15 is 0 Å². The van der Waals surface area contributed by atoms with Crippen LogP contribution >= 0.6 is 0 Å². The summed E-state index contributed by atoms with van der Waals surface area (Å²) in [6.45, 7) is 0. The Balaban J connectivity index is 1.97. The molecule has 7 nitrogen and oxygen atoms in total. The average molecular weight is 295 g/mol. The minimum atomic E-state index is -0.467. The van der Waals surface area contributed by atoms with E-state index in [9.17, 15) is 10.1 Å². The molecule has 1 aromatic heterocycles. The molecule has 3 N–H and O–H groups in total. The molecule has 0 fully saturated rings. The van der Waals surface area contributed by atoms with Gasteiger partial charge in [0.15, 0.2) is 5.82 Å². The van der Waals surface area contributed by atoms with Crippen LogP contribution in [0, 0.1) is 10.1 Å². The van der Waals surface area contributed by atoms with Crippen molar-refractivity contribution in [2.45, 2.75) is 6.04 Å². The van der Waals surface area contributed by atoms with Gasteiger partial charge < -0.3 is 5.73 Å². The standard InChI is InChI=1S/C15H13N5O2/c16-13(10-6-2-1-3-7-10)15-17-14(18-19-15)11-8-4-5-9-12(11)20(21)22/h1-9,13H,16H2,(H,17,18,19). The minimum Gasteiger partial charge on any atom is -0.318 e. The van der Waals surface area contributed by atoms with Gasteiger partial charge in [-0.25, -0.2) is 4.98 Å². The topological polar surface area (TPSA) is 111 Å². The second kappa shape index (κ2) is 5.74. The molecule has 0 spiro atoms. The molecule has 0 aliphatic rings. The minimum absolute atomic E-state index is 0.0404. The average Bonchev–Trinajstić information content (AvgIpc) is 3.04. The lowest BCUT2D eigenvalue weighted by Crippen LogP contribution is -2.13. The van der Waals surface area contributed by atoms with Crippen molar-refractivity contribution in [3.63, 3.8) is 0 Å². The van der Waals surface area contributed by atoms with Gasteiger partial charge in [0, 0.05) is 6.07 Å². The third-order valence-electron chi connectivity index (χ3n) is 3.30. The van der Waals surface area contributed by atoms with Crippen LogP contribution in [0.15, 0.2) is 54.6 Å². The van der Waals surface area contributed by atoms with Crippen LogP contribution < -0.4 is 5.73 Å². The highest BCUT2D eigenvalue weighted by Gasteiger charge is 2.20. The Morgan fingerprint density at radius 1 is 1.09 bits per heavy atom. The number of nitrogens with two attached hydrogens (primary N) is 1. The summed E-state index contributed by atoms with van der Waals surface area (Å²) in [5.41, 5.74) is 7.34. The molecule has 3 rings (SSSR count). The number of aromatic amines is 1.